The summed E-state index contributed by atoms with van der Waals surface area (Å²) < 4.78 is 5.65. The molecule has 1 aliphatic rings. The number of rotatable bonds is 13. The van der Waals surface area contributed by atoms with Crippen LogP contribution in [0.2, 0.25) is 0 Å². The number of aliphatic carboxylic acids is 1. The van der Waals surface area contributed by atoms with Gasteiger partial charge in [0.1, 0.15) is 6.10 Å². The molecule has 150 valence electrons. The fourth-order valence-corrected chi connectivity index (χ4v) is 2.97. The van der Waals surface area contributed by atoms with Crippen molar-refractivity contribution in [2.24, 2.45) is 0 Å². The van der Waals surface area contributed by atoms with Gasteiger partial charge >= 0.3 is 5.97 Å². The Morgan fingerprint density at radius 2 is 2.00 bits per heavy atom. The third-order valence-electron chi connectivity index (χ3n) is 4.55. The van der Waals surface area contributed by atoms with E-state index in [1.807, 2.05) is 6.08 Å². The summed E-state index contributed by atoms with van der Waals surface area (Å²) in [6, 6.07) is 0. The van der Waals surface area contributed by atoms with E-state index in [9.17, 15) is 20.1 Å². The molecule has 1 aliphatic heterocycles. The summed E-state index contributed by atoms with van der Waals surface area (Å²) >= 11 is 0. The molecule has 1 saturated heterocycles. The molecular formula is C20H34O6. The molecule has 6 heteroatoms. The molecule has 1 rings (SSSR count). The maximum absolute atomic E-state index is 10.5. The zero-order valence-corrected chi connectivity index (χ0v) is 15.7. The molecule has 0 aliphatic carbocycles. The van der Waals surface area contributed by atoms with E-state index in [0.717, 1.165) is 12.8 Å². The summed E-state index contributed by atoms with van der Waals surface area (Å²) in [5, 5.41) is 38.7. The molecule has 1 heterocycles. The van der Waals surface area contributed by atoms with E-state index in [2.05, 4.69) is 13.0 Å². The first-order chi connectivity index (χ1) is 12.4. The summed E-state index contributed by atoms with van der Waals surface area (Å²) in [5.41, 5.74) is 0. The Bertz CT molecular complexity index is 448. The molecule has 0 spiro atoms. The standard InChI is InChI=1S/C20H34O6/c1-2-3-4-5-6-7-9-15(21)12-13-18-17(23)14-19(26-18)16(22)10-8-11-20(24)25/h6-7,12-13,15-19,21-23H,2-5,8-11,14H2,1H3,(H,24,25)/b7-6-,13-12+/t15-,16+,17+,18-,19+/m1/s1. The number of aliphatic hydroxyl groups excluding tert-OH is 3. The van der Waals surface area contributed by atoms with Crippen LogP contribution >= 0.6 is 0 Å². The minimum absolute atomic E-state index is 0.00776. The molecule has 0 bridgehead atoms. The number of hydrogen-bond acceptors (Lipinski definition) is 5. The number of carboxylic acid groups (broad SMARTS) is 1. The van der Waals surface area contributed by atoms with Crippen molar-refractivity contribution in [1.29, 1.82) is 0 Å². The average Bonchev–Trinajstić information content (AvgIpc) is 2.96. The maximum atomic E-state index is 10.5. The SMILES string of the molecule is CCCCC/C=C\C[C@@H](O)/C=C/[C@H]1O[C@H]([C@@H](O)CCCC(=O)O)C[C@@H]1O. The van der Waals surface area contributed by atoms with Gasteiger partial charge in [0.25, 0.3) is 0 Å². The fourth-order valence-electron chi connectivity index (χ4n) is 2.97. The molecule has 0 radical (unpaired) electrons. The number of ether oxygens (including phenoxy) is 1. The second-order valence-corrected chi connectivity index (χ2v) is 6.95. The van der Waals surface area contributed by atoms with Crippen LogP contribution in [-0.2, 0) is 9.53 Å². The first-order valence-corrected chi connectivity index (χ1v) is 9.68. The van der Waals surface area contributed by atoms with Gasteiger partial charge in [-0.3, -0.25) is 4.79 Å². The summed E-state index contributed by atoms with van der Waals surface area (Å²) in [6.45, 7) is 2.16. The van der Waals surface area contributed by atoms with Gasteiger partial charge in [-0.2, -0.15) is 0 Å². The number of unbranched alkanes of at least 4 members (excludes halogenated alkanes) is 3. The molecule has 0 aromatic rings. The predicted molar refractivity (Wildman–Crippen MR) is 99.8 cm³/mol. The van der Waals surface area contributed by atoms with Crippen LogP contribution in [-0.4, -0.2) is 56.9 Å². The number of allylic oxidation sites excluding steroid dienone is 1. The maximum Gasteiger partial charge on any atom is 0.303 e. The van der Waals surface area contributed by atoms with E-state index in [0.29, 0.717) is 25.7 Å². The molecule has 0 aromatic carbocycles. The minimum Gasteiger partial charge on any atom is -0.481 e. The van der Waals surface area contributed by atoms with Gasteiger partial charge in [-0.1, -0.05) is 44.1 Å². The number of hydrogen-bond donors (Lipinski definition) is 4. The van der Waals surface area contributed by atoms with Crippen LogP contribution in [0.4, 0.5) is 0 Å². The number of carboxylic acids is 1. The summed E-state index contributed by atoms with van der Waals surface area (Å²) in [6.07, 6.45) is 10.2. The van der Waals surface area contributed by atoms with Crippen molar-refractivity contribution in [2.75, 3.05) is 0 Å². The van der Waals surface area contributed by atoms with Gasteiger partial charge in [0.05, 0.1) is 24.4 Å². The van der Waals surface area contributed by atoms with E-state index in [1.165, 1.54) is 12.8 Å². The van der Waals surface area contributed by atoms with Crippen LogP contribution in [0.25, 0.3) is 0 Å². The lowest BCUT2D eigenvalue weighted by atomic mass is 10.0. The van der Waals surface area contributed by atoms with E-state index >= 15 is 0 Å². The van der Waals surface area contributed by atoms with Crippen LogP contribution in [0.5, 0.6) is 0 Å². The van der Waals surface area contributed by atoms with Crippen molar-refractivity contribution in [3.8, 4) is 0 Å². The molecule has 26 heavy (non-hydrogen) atoms. The van der Waals surface area contributed by atoms with Crippen LogP contribution in [0.3, 0.4) is 0 Å². The van der Waals surface area contributed by atoms with Crippen LogP contribution in [0, 0.1) is 0 Å². The highest BCUT2D eigenvalue weighted by atomic mass is 16.5. The quantitative estimate of drug-likeness (QED) is 0.293. The van der Waals surface area contributed by atoms with E-state index < -0.39 is 36.5 Å². The van der Waals surface area contributed by atoms with Crippen molar-refractivity contribution in [3.63, 3.8) is 0 Å². The minimum atomic E-state index is -0.890. The highest BCUT2D eigenvalue weighted by Crippen LogP contribution is 2.26. The Morgan fingerprint density at radius 3 is 2.69 bits per heavy atom. The van der Waals surface area contributed by atoms with Gasteiger partial charge in [0.15, 0.2) is 0 Å². The second kappa shape index (κ2) is 13.0. The molecule has 5 atom stereocenters. The Balaban J connectivity index is 2.31. The third-order valence-corrected chi connectivity index (χ3v) is 4.55. The Labute approximate surface area is 156 Å². The van der Waals surface area contributed by atoms with Crippen LogP contribution < -0.4 is 0 Å². The second-order valence-electron chi connectivity index (χ2n) is 6.95. The third kappa shape index (κ3) is 9.48. The van der Waals surface area contributed by atoms with Gasteiger partial charge in [0, 0.05) is 12.8 Å². The van der Waals surface area contributed by atoms with E-state index in [4.69, 9.17) is 9.84 Å². The Morgan fingerprint density at radius 1 is 1.23 bits per heavy atom. The van der Waals surface area contributed by atoms with Crippen molar-refractivity contribution in [1.82, 2.24) is 0 Å². The van der Waals surface area contributed by atoms with Crippen molar-refractivity contribution >= 4 is 5.97 Å². The molecule has 0 amide bonds. The first kappa shape index (κ1) is 22.8. The van der Waals surface area contributed by atoms with Gasteiger partial charge in [-0.15, -0.1) is 0 Å². The lowest BCUT2D eigenvalue weighted by molar-refractivity contribution is -0.137. The summed E-state index contributed by atoms with van der Waals surface area (Å²) in [7, 11) is 0. The lowest BCUT2D eigenvalue weighted by Gasteiger charge is -2.17. The highest BCUT2D eigenvalue weighted by molar-refractivity contribution is 5.66. The Hall–Kier alpha value is -1.21. The number of aliphatic hydroxyl groups is 3. The summed E-state index contributed by atoms with van der Waals surface area (Å²) in [4.78, 5) is 10.5. The van der Waals surface area contributed by atoms with Gasteiger partial charge < -0.3 is 25.2 Å². The van der Waals surface area contributed by atoms with E-state index in [-0.39, 0.29) is 6.42 Å². The van der Waals surface area contributed by atoms with E-state index in [1.54, 1.807) is 12.2 Å². The summed E-state index contributed by atoms with van der Waals surface area (Å²) in [5.74, 6) is -0.890. The largest absolute Gasteiger partial charge is 0.481 e. The molecule has 0 saturated carbocycles. The van der Waals surface area contributed by atoms with Crippen molar-refractivity contribution < 1.29 is 30.0 Å². The van der Waals surface area contributed by atoms with Crippen molar-refractivity contribution in [3.05, 3.63) is 24.3 Å². The zero-order valence-electron chi connectivity index (χ0n) is 15.7. The first-order valence-electron chi connectivity index (χ1n) is 9.68. The number of carbonyl (C=O) groups is 1. The normalized spacial score (nSPS) is 25.9. The average molecular weight is 370 g/mol. The van der Waals surface area contributed by atoms with Crippen LogP contribution in [0.15, 0.2) is 24.3 Å². The van der Waals surface area contributed by atoms with Gasteiger partial charge in [0.2, 0.25) is 0 Å². The van der Waals surface area contributed by atoms with Gasteiger partial charge in [-0.25, -0.2) is 0 Å². The highest BCUT2D eigenvalue weighted by Gasteiger charge is 2.36. The topological polar surface area (TPSA) is 107 Å². The monoisotopic (exact) mass is 370 g/mol. The fraction of sp³-hybridized carbons (Fsp3) is 0.750. The predicted octanol–water partition coefficient (Wildman–Crippen LogP) is 2.56. The molecule has 4 N–H and O–H groups in total. The van der Waals surface area contributed by atoms with Gasteiger partial charge in [-0.05, 0) is 32.1 Å². The lowest BCUT2D eigenvalue weighted by Crippen LogP contribution is -2.26. The van der Waals surface area contributed by atoms with Crippen LogP contribution in [0.1, 0.15) is 64.7 Å². The molecule has 6 nitrogen and oxygen atoms in total. The Kier molecular flexibility index (Phi) is 11.4. The smallest absolute Gasteiger partial charge is 0.303 e. The molecule has 1 fully saturated rings. The molecule has 0 aromatic heterocycles. The zero-order chi connectivity index (χ0) is 19.4. The molecule has 0 unspecified atom stereocenters. The van der Waals surface area contributed by atoms with Crippen molar-refractivity contribution in [2.45, 2.75) is 95.2 Å². The molecular weight excluding hydrogens is 336 g/mol.